The minimum absolute atomic E-state index is 0.212. The first-order valence-electron chi connectivity index (χ1n) is 7.22. The summed E-state index contributed by atoms with van der Waals surface area (Å²) in [4.78, 5) is 22.9. The fourth-order valence-corrected chi connectivity index (χ4v) is 2.87. The van der Waals surface area contributed by atoms with E-state index in [0.717, 1.165) is 12.8 Å². The lowest BCUT2D eigenvalue weighted by molar-refractivity contribution is -0.143. The highest BCUT2D eigenvalue weighted by Gasteiger charge is 2.50. The van der Waals surface area contributed by atoms with Crippen molar-refractivity contribution in [2.24, 2.45) is 17.3 Å². The van der Waals surface area contributed by atoms with Crippen LogP contribution in [0.25, 0.3) is 0 Å². The molecule has 0 aromatic rings. The molecule has 0 radical (unpaired) electrons. The second kappa shape index (κ2) is 5.39. The molecular formula is C14H24N2O3. The fraction of sp³-hybridized carbons (Fsp3) is 0.857. The molecule has 3 unspecified atom stereocenters. The third-order valence-corrected chi connectivity index (χ3v) is 4.92. The number of nitrogens with one attached hydrogen (secondary N) is 2. The first-order chi connectivity index (χ1) is 8.94. The van der Waals surface area contributed by atoms with E-state index in [1.165, 1.54) is 6.42 Å². The minimum Gasteiger partial charge on any atom is -0.481 e. The molecule has 19 heavy (non-hydrogen) atoms. The lowest BCUT2D eigenvalue weighted by Gasteiger charge is -2.34. The lowest BCUT2D eigenvalue weighted by Crippen LogP contribution is -2.49. The van der Waals surface area contributed by atoms with Crippen LogP contribution >= 0.6 is 0 Å². The van der Waals surface area contributed by atoms with E-state index in [1.54, 1.807) is 0 Å². The molecule has 0 bridgehead atoms. The zero-order valence-electron chi connectivity index (χ0n) is 11.7. The Bertz CT molecular complexity index is 366. The van der Waals surface area contributed by atoms with Gasteiger partial charge in [0.25, 0.3) is 0 Å². The molecule has 108 valence electrons. The maximum absolute atomic E-state index is 11.8. The van der Waals surface area contributed by atoms with Crippen LogP contribution in [0.4, 0.5) is 4.79 Å². The summed E-state index contributed by atoms with van der Waals surface area (Å²) in [5.41, 5.74) is -0.692. The molecule has 2 aliphatic rings. The minimum atomic E-state index is -0.799. The van der Waals surface area contributed by atoms with Crippen LogP contribution in [0.15, 0.2) is 0 Å². The van der Waals surface area contributed by atoms with Gasteiger partial charge in [-0.15, -0.1) is 0 Å². The molecule has 2 fully saturated rings. The topological polar surface area (TPSA) is 78.4 Å². The summed E-state index contributed by atoms with van der Waals surface area (Å²) in [6.45, 7) is 4.64. The number of aliphatic carboxylic acids is 1. The summed E-state index contributed by atoms with van der Waals surface area (Å²) < 4.78 is 0. The highest BCUT2D eigenvalue weighted by molar-refractivity contribution is 5.80. The number of amides is 2. The molecule has 2 aliphatic carbocycles. The Balaban J connectivity index is 1.77. The number of carbonyl (C=O) groups is 2. The van der Waals surface area contributed by atoms with Crippen LogP contribution in [0.5, 0.6) is 0 Å². The van der Waals surface area contributed by atoms with Crippen molar-refractivity contribution in [2.45, 2.75) is 52.0 Å². The second-order valence-electron chi connectivity index (χ2n) is 6.29. The largest absolute Gasteiger partial charge is 0.481 e. The van der Waals surface area contributed by atoms with Gasteiger partial charge < -0.3 is 15.7 Å². The van der Waals surface area contributed by atoms with Crippen molar-refractivity contribution in [3.8, 4) is 0 Å². The van der Waals surface area contributed by atoms with Gasteiger partial charge in [0.15, 0.2) is 0 Å². The quantitative estimate of drug-likeness (QED) is 0.729. The van der Waals surface area contributed by atoms with E-state index >= 15 is 0 Å². The van der Waals surface area contributed by atoms with Gasteiger partial charge in [0.2, 0.25) is 0 Å². The number of hydrogen-bond donors (Lipinski definition) is 3. The average Bonchev–Trinajstić information content (AvgIpc) is 3.14. The van der Waals surface area contributed by atoms with Crippen molar-refractivity contribution >= 4 is 12.0 Å². The molecule has 3 N–H and O–H groups in total. The van der Waals surface area contributed by atoms with Gasteiger partial charge in [-0.25, -0.2) is 4.79 Å². The summed E-state index contributed by atoms with van der Waals surface area (Å²) >= 11 is 0. The van der Waals surface area contributed by atoms with Gasteiger partial charge in [-0.3, -0.25) is 4.79 Å². The van der Waals surface area contributed by atoms with Crippen molar-refractivity contribution in [1.29, 1.82) is 0 Å². The monoisotopic (exact) mass is 268 g/mol. The molecule has 3 atom stereocenters. The Kier molecular flexibility index (Phi) is 4.02. The Morgan fingerprint density at radius 2 is 1.95 bits per heavy atom. The molecule has 0 heterocycles. The lowest BCUT2D eigenvalue weighted by atomic mass is 9.78. The average molecular weight is 268 g/mol. The van der Waals surface area contributed by atoms with Gasteiger partial charge in [0.05, 0.1) is 5.41 Å². The molecule has 0 aliphatic heterocycles. The molecule has 0 spiro atoms. The van der Waals surface area contributed by atoms with Crippen LogP contribution in [0.1, 0.15) is 46.0 Å². The summed E-state index contributed by atoms with van der Waals surface area (Å²) in [7, 11) is 0. The molecule has 0 saturated heterocycles. The Hall–Kier alpha value is -1.26. The van der Waals surface area contributed by atoms with Crippen LogP contribution in [-0.4, -0.2) is 29.7 Å². The summed E-state index contributed by atoms with van der Waals surface area (Å²) in [5.74, 6) is 0.314. The number of rotatable bonds is 4. The molecule has 5 nitrogen and oxygen atoms in total. The van der Waals surface area contributed by atoms with E-state index in [2.05, 4.69) is 24.5 Å². The van der Waals surface area contributed by atoms with Crippen LogP contribution in [0.3, 0.4) is 0 Å². The van der Waals surface area contributed by atoms with E-state index in [1.807, 2.05) is 0 Å². The summed E-state index contributed by atoms with van der Waals surface area (Å²) in [5, 5.41) is 14.8. The first-order valence-corrected chi connectivity index (χ1v) is 7.22. The van der Waals surface area contributed by atoms with E-state index in [-0.39, 0.29) is 18.6 Å². The van der Waals surface area contributed by atoms with E-state index in [0.29, 0.717) is 24.7 Å². The molecule has 2 rings (SSSR count). The van der Waals surface area contributed by atoms with Crippen LogP contribution < -0.4 is 10.6 Å². The second-order valence-corrected chi connectivity index (χ2v) is 6.29. The first kappa shape index (κ1) is 14.2. The Labute approximate surface area is 114 Å². The molecular weight excluding hydrogens is 244 g/mol. The number of carboxylic acid groups (broad SMARTS) is 1. The zero-order valence-corrected chi connectivity index (χ0v) is 11.7. The molecule has 5 heteroatoms. The molecule has 0 aromatic heterocycles. The van der Waals surface area contributed by atoms with Gasteiger partial charge in [-0.1, -0.05) is 26.7 Å². The van der Waals surface area contributed by atoms with Gasteiger partial charge >= 0.3 is 12.0 Å². The van der Waals surface area contributed by atoms with Gasteiger partial charge in [0, 0.05) is 12.6 Å². The van der Waals surface area contributed by atoms with E-state index in [9.17, 15) is 9.59 Å². The number of urea groups is 1. The Morgan fingerprint density at radius 1 is 1.26 bits per heavy atom. The number of carbonyl (C=O) groups excluding carboxylic acids is 1. The third kappa shape index (κ3) is 3.19. The number of hydrogen-bond acceptors (Lipinski definition) is 2. The van der Waals surface area contributed by atoms with Crippen molar-refractivity contribution in [3.63, 3.8) is 0 Å². The predicted molar refractivity (Wildman–Crippen MR) is 71.8 cm³/mol. The van der Waals surface area contributed by atoms with Crippen molar-refractivity contribution in [3.05, 3.63) is 0 Å². The van der Waals surface area contributed by atoms with E-state index < -0.39 is 11.4 Å². The number of carboxylic acids is 1. The SMILES string of the molecule is CC1CCCC(NC(=O)NCC2(C(=O)O)CC2)C1C. The highest BCUT2D eigenvalue weighted by Crippen LogP contribution is 2.45. The van der Waals surface area contributed by atoms with Crippen LogP contribution in [0, 0.1) is 17.3 Å². The smallest absolute Gasteiger partial charge is 0.315 e. The van der Waals surface area contributed by atoms with Crippen molar-refractivity contribution in [2.75, 3.05) is 6.54 Å². The molecule has 2 saturated carbocycles. The van der Waals surface area contributed by atoms with Crippen molar-refractivity contribution in [1.82, 2.24) is 10.6 Å². The predicted octanol–water partition coefficient (Wildman–Crippen LogP) is 1.98. The van der Waals surface area contributed by atoms with Gasteiger partial charge in [0.1, 0.15) is 0 Å². The van der Waals surface area contributed by atoms with Gasteiger partial charge in [-0.2, -0.15) is 0 Å². The maximum Gasteiger partial charge on any atom is 0.315 e. The fourth-order valence-electron chi connectivity index (χ4n) is 2.87. The summed E-state index contributed by atoms with van der Waals surface area (Å²) in [6.07, 6.45) is 4.72. The van der Waals surface area contributed by atoms with Crippen LogP contribution in [-0.2, 0) is 4.79 Å². The maximum atomic E-state index is 11.8. The third-order valence-electron chi connectivity index (χ3n) is 4.92. The highest BCUT2D eigenvalue weighted by atomic mass is 16.4. The Morgan fingerprint density at radius 3 is 2.53 bits per heavy atom. The summed E-state index contributed by atoms with van der Waals surface area (Å²) in [6, 6.07) is -0.0118. The van der Waals surface area contributed by atoms with Gasteiger partial charge in [-0.05, 0) is 31.1 Å². The van der Waals surface area contributed by atoms with E-state index in [4.69, 9.17) is 5.11 Å². The normalized spacial score (nSPS) is 32.4. The standard InChI is InChI=1S/C14H24N2O3/c1-9-4-3-5-11(10(9)2)16-13(19)15-8-14(6-7-14)12(17)18/h9-11H,3-8H2,1-2H3,(H,17,18)(H2,15,16,19). The zero-order chi connectivity index (χ0) is 14.0. The van der Waals surface area contributed by atoms with Crippen LogP contribution in [0.2, 0.25) is 0 Å². The molecule has 2 amide bonds. The molecule has 0 aromatic carbocycles. The van der Waals surface area contributed by atoms with Crippen molar-refractivity contribution < 1.29 is 14.7 Å².